The van der Waals surface area contributed by atoms with Crippen molar-refractivity contribution in [2.45, 2.75) is 78.6 Å². The maximum Gasteiger partial charge on any atom is 0.219 e. The van der Waals surface area contributed by atoms with Crippen LogP contribution in [0.5, 0.6) is 17.4 Å². The Morgan fingerprint density at radius 3 is 2.02 bits per heavy atom. The van der Waals surface area contributed by atoms with Crippen molar-refractivity contribution < 1.29 is 9.84 Å². The molecule has 0 amide bonds. The molecule has 0 saturated carbocycles. The average Bonchev–Trinajstić information content (AvgIpc) is 3.25. The molecule has 43 heavy (non-hydrogen) atoms. The maximum atomic E-state index is 11.4. The molecular weight excluding hydrogens is 530 g/mol. The van der Waals surface area contributed by atoms with Gasteiger partial charge in [-0.1, -0.05) is 86.6 Å². The molecule has 0 fully saturated rings. The highest BCUT2D eigenvalue weighted by Crippen LogP contribution is 2.42. The number of phenols is 1. The van der Waals surface area contributed by atoms with Gasteiger partial charge in [-0.3, -0.25) is 4.57 Å². The van der Waals surface area contributed by atoms with Crippen LogP contribution in [0.3, 0.4) is 0 Å². The van der Waals surface area contributed by atoms with Gasteiger partial charge >= 0.3 is 0 Å². The summed E-state index contributed by atoms with van der Waals surface area (Å²) in [7, 11) is 0. The van der Waals surface area contributed by atoms with Gasteiger partial charge in [0.25, 0.3) is 0 Å². The number of phenolic OH excluding ortho intramolecular Hbond substituents is 1. The molecule has 6 rings (SSSR count). The first-order valence-corrected chi connectivity index (χ1v) is 15.0. The van der Waals surface area contributed by atoms with Crippen LogP contribution in [0.25, 0.3) is 38.5 Å². The Balaban J connectivity index is 1.50. The number of nitrogens with zero attached hydrogens (tertiary/aromatic N) is 3. The number of benzene rings is 3. The average molecular weight is 572 g/mol. The molecule has 3 aromatic carbocycles. The molecule has 5 heteroatoms. The van der Waals surface area contributed by atoms with Gasteiger partial charge in [-0.25, -0.2) is 9.97 Å². The lowest BCUT2D eigenvalue weighted by molar-refractivity contribution is 0.445. The van der Waals surface area contributed by atoms with Crippen LogP contribution in [-0.4, -0.2) is 19.6 Å². The predicted octanol–water partition coefficient (Wildman–Crippen LogP) is 10.1. The molecule has 0 radical (unpaired) electrons. The predicted molar refractivity (Wildman–Crippen MR) is 178 cm³/mol. The fraction of sp³-hybridized carbons (Fsp3) is 0.316. The van der Waals surface area contributed by atoms with E-state index < -0.39 is 0 Å². The number of fused-ring (bicyclic) bond motifs is 4. The van der Waals surface area contributed by atoms with E-state index in [1.807, 2.05) is 24.4 Å². The van der Waals surface area contributed by atoms with E-state index in [0.717, 1.165) is 44.1 Å². The lowest BCUT2D eigenvalue weighted by atomic mass is 9.78. The molecule has 0 saturated heterocycles. The maximum absolute atomic E-state index is 11.4. The van der Waals surface area contributed by atoms with Crippen LogP contribution in [0, 0.1) is 0 Å². The van der Waals surface area contributed by atoms with Gasteiger partial charge in [0.2, 0.25) is 5.88 Å². The zero-order valence-corrected chi connectivity index (χ0v) is 26.7. The third kappa shape index (κ3) is 5.11. The number of hydrogen-bond acceptors (Lipinski definition) is 4. The number of aromatic hydroxyl groups is 1. The first-order valence-electron chi connectivity index (χ1n) is 15.0. The highest BCUT2D eigenvalue weighted by molar-refractivity contribution is 6.09. The smallest absolute Gasteiger partial charge is 0.219 e. The van der Waals surface area contributed by atoms with Crippen molar-refractivity contribution in [3.8, 4) is 23.2 Å². The zero-order chi connectivity index (χ0) is 30.9. The second-order valence-electron chi connectivity index (χ2n) is 14.7. The van der Waals surface area contributed by atoms with Gasteiger partial charge < -0.3 is 9.84 Å². The van der Waals surface area contributed by atoms with Crippen molar-refractivity contribution in [1.82, 2.24) is 14.5 Å². The molecule has 3 heterocycles. The van der Waals surface area contributed by atoms with Crippen molar-refractivity contribution in [3.05, 3.63) is 95.7 Å². The molecule has 0 aliphatic heterocycles. The van der Waals surface area contributed by atoms with E-state index in [2.05, 4.69) is 121 Å². The zero-order valence-electron chi connectivity index (χ0n) is 26.7. The number of para-hydroxylation sites is 1. The molecule has 0 bridgehead atoms. The number of pyridine rings is 2. The van der Waals surface area contributed by atoms with Gasteiger partial charge in [-0.15, -0.1) is 0 Å². The summed E-state index contributed by atoms with van der Waals surface area (Å²) in [6.45, 7) is 19.6. The van der Waals surface area contributed by atoms with Crippen molar-refractivity contribution in [1.29, 1.82) is 0 Å². The second-order valence-corrected chi connectivity index (χ2v) is 14.7. The first kappa shape index (κ1) is 28.7. The van der Waals surface area contributed by atoms with E-state index in [9.17, 15) is 5.11 Å². The monoisotopic (exact) mass is 571 g/mol. The molecule has 0 aliphatic carbocycles. The van der Waals surface area contributed by atoms with E-state index in [1.165, 1.54) is 5.56 Å². The Bertz CT molecular complexity index is 2010. The lowest BCUT2D eigenvalue weighted by Crippen LogP contribution is -2.17. The standard InChI is InChI=1S/C38H41N3O2/c1-36(2,3)23-18-19-39-32(20-23)41-30-13-11-10-12-25(30)26-15-14-24(21-31(26)41)43-33-17-16-27-28(37(4,5)6)22-29(38(7,8)9)35(42)34(27)40-33/h10-22,42H,1-9H3. The summed E-state index contributed by atoms with van der Waals surface area (Å²) < 4.78 is 8.62. The Morgan fingerprint density at radius 2 is 1.33 bits per heavy atom. The van der Waals surface area contributed by atoms with Crippen molar-refractivity contribution >= 4 is 32.7 Å². The largest absolute Gasteiger partial charge is 0.505 e. The van der Waals surface area contributed by atoms with Gasteiger partial charge in [-0.2, -0.15) is 0 Å². The topological polar surface area (TPSA) is 60.2 Å². The molecule has 0 spiro atoms. The minimum atomic E-state index is -0.242. The van der Waals surface area contributed by atoms with Crippen LogP contribution in [0.2, 0.25) is 0 Å². The Morgan fingerprint density at radius 1 is 0.651 bits per heavy atom. The van der Waals surface area contributed by atoms with Gasteiger partial charge in [0.1, 0.15) is 22.8 Å². The van der Waals surface area contributed by atoms with Crippen LogP contribution >= 0.6 is 0 Å². The SMILES string of the molecule is CC(C)(C)c1ccnc(-n2c3ccccc3c3ccc(Oc4ccc5c(C(C)(C)C)cc(C(C)(C)C)c(O)c5n4)cc32)c1. The summed E-state index contributed by atoms with van der Waals surface area (Å²) >= 11 is 0. The first-order chi connectivity index (χ1) is 20.1. The summed E-state index contributed by atoms with van der Waals surface area (Å²) in [6.07, 6.45) is 1.89. The van der Waals surface area contributed by atoms with Crippen LogP contribution in [0.15, 0.2) is 79.0 Å². The van der Waals surface area contributed by atoms with Crippen LogP contribution in [0.1, 0.15) is 79.0 Å². The highest BCUT2D eigenvalue weighted by Gasteiger charge is 2.27. The van der Waals surface area contributed by atoms with Gasteiger partial charge in [-0.05, 0) is 63.8 Å². The fourth-order valence-electron chi connectivity index (χ4n) is 5.89. The van der Waals surface area contributed by atoms with Crippen molar-refractivity contribution in [2.75, 3.05) is 0 Å². The minimum absolute atomic E-state index is 0.00224. The number of rotatable bonds is 3. The Kier molecular flexibility index (Phi) is 6.57. The molecule has 220 valence electrons. The lowest BCUT2D eigenvalue weighted by Gasteiger charge is -2.27. The van der Waals surface area contributed by atoms with Gasteiger partial charge in [0.05, 0.1) is 11.0 Å². The van der Waals surface area contributed by atoms with E-state index in [0.29, 0.717) is 17.1 Å². The summed E-state index contributed by atoms with van der Waals surface area (Å²) in [5.41, 5.74) is 5.55. The summed E-state index contributed by atoms with van der Waals surface area (Å²) in [6, 6.07) is 24.9. The third-order valence-corrected chi connectivity index (χ3v) is 8.25. The molecular formula is C38H41N3O2. The van der Waals surface area contributed by atoms with Crippen molar-refractivity contribution in [3.63, 3.8) is 0 Å². The third-order valence-electron chi connectivity index (χ3n) is 8.25. The van der Waals surface area contributed by atoms with Crippen molar-refractivity contribution in [2.24, 2.45) is 0 Å². The Labute approximate surface area is 254 Å². The highest BCUT2D eigenvalue weighted by atomic mass is 16.5. The molecule has 0 aliphatic rings. The number of aromatic nitrogens is 3. The molecule has 1 N–H and O–H groups in total. The number of hydrogen-bond donors (Lipinski definition) is 1. The van der Waals surface area contributed by atoms with E-state index in [-0.39, 0.29) is 22.0 Å². The minimum Gasteiger partial charge on any atom is -0.505 e. The quantitative estimate of drug-likeness (QED) is 0.230. The van der Waals surface area contributed by atoms with Gasteiger partial charge in [0, 0.05) is 40.1 Å². The molecule has 0 unspecified atom stereocenters. The molecule has 3 aromatic heterocycles. The van der Waals surface area contributed by atoms with E-state index in [4.69, 9.17) is 14.7 Å². The summed E-state index contributed by atoms with van der Waals surface area (Å²) in [5, 5.41) is 14.6. The normalized spacial score (nSPS) is 12.9. The molecule has 6 aromatic rings. The van der Waals surface area contributed by atoms with Crippen LogP contribution < -0.4 is 4.74 Å². The van der Waals surface area contributed by atoms with Gasteiger partial charge in [0.15, 0.2) is 0 Å². The van der Waals surface area contributed by atoms with Crippen LogP contribution in [0.4, 0.5) is 0 Å². The summed E-state index contributed by atoms with van der Waals surface area (Å²) in [4.78, 5) is 9.66. The van der Waals surface area contributed by atoms with E-state index >= 15 is 0 Å². The molecule has 5 nitrogen and oxygen atoms in total. The van der Waals surface area contributed by atoms with E-state index in [1.54, 1.807) is 0 Å². The second kappa shape index (κ2) is 9.84. The summed E-state index contributed by atoms with van der Waals surface area (Å²) in [5.74, 6) is 2.18. The fourth-order valence-corrected chi connectivity index (χ4v) is 5.89. The molecule has 0 atom stereocenters. The van der Waals surface area contributed by atoms with Crippen LogP contribution in [-0.2, 0) is 16.2 Å². The number of ether oxygens (including phenoxy) is 1. The Hall–Kier alpha value is -4.38.